The average molecular weight is 299 g/mol. The molecule has 3 rings (SSSR count). The molecule has 2 atom stereocenters. The topological polar surface area (TPSA) is 12.0 Å². The molecule has 21 heavy (non-hydrogen) atoms. The number of rotatable bonds is 5. The van der Waals surface area contributed by atoms with Gasteiger partial charge in [-0.15, -0.1) is 11.3 Å². The molecule has 112 valence electrons. The molecule has 1 saturated carbocycles. The summed E-state index contributed by atoms with van der Waals surface area (Å²) in [5, 5.41) is 6.09. The maximum atomic E-state index is 3.92. The van der Waals surface area contributed by atoms with Gasteiger partial charge in [0.25, 0.3) is 0 Å². The van der Waals surface area contributed by atoms with Crippen molar-refractivity contribution < 1.29 is 0 Å². The van der Waals surface area contributed by atoms with Crippen LogP contribution in [-0.2, 0) is 0 Å². The van der Waals surface area contributed by atoms with Crippen LogP contribution in [0.25, 0.3) is 0 Å². The zero-order chi connectivity index (χ0) is 14.5. The molecule has 1 aromatic heterocycles. The van der Waals surface area contributed by atoms with Crippen molar-refractivity contribution in [3.05, 3.63) is 58.3 Å². The molecule has 0 saturated heterocycles. The van der Waals surface area contributed by atoms with E-state index in [0.29, 0.717) is 12.1 Å². The van der Waals surface area contributed by atoms with Crippen molar-refractivity contribution in [2.75, 3.05) is 0 Å². The molecule has 1 aliphatic rings. The predicted octanol–water partition coefficient (Wildman–Crippen LogP) is 5.72. The van der Waals surface area contributed by atoms with E-state index < -0.39 is 0 Å². The molecule has 1 aliphatic carbocycles. The zero-order valence-electron chi connectivity index (χ0n) is 12.8. The molecule has 1 fully saturated rings. The Morgan fingerprint density at radius 2 is 1.76 bits per heavy atom. The van der Waals surface area contributed by atoms with E-state index in [4.69, 9.17) is 0 Å². The van der Waals surface area contributed by atoms with E-state index in [2.05, 4.69) is 60.1 Å². The second kappa shape index (κ2) is 7.24. The van der Waals surface area contributed by atoms with Gasteiger partial charge in [0.1, 0.15) is 0 Å². The van der Waals surface area contributed by atoms with Crippen molar-refractivity contribution in [2.24, 2.45) is 5.92 Å². The van der Waals surface area contributed by atoms with Gasteiger partial charge in [-0.1, -0.05) is 55.7 Å². The maximum Gasteiger partial charge on any atom is 0.0391 e. The molecule has 1 nitrogen and oxygen atoms in total. The molecule has 0 aliphatic heterocycles. The number of benzene rings is 1. The summed E-state index contributed by atoms with van der Waals surface area (Å²) in [6, 6.07) is 16.3. The van der Waals surface area contributed by atoms with Crippen molar-refractivity contribution in [1.29, 1.82) is 0 Å². The lowest BCUT2D eigenvalue weighted by Crippen LogP contribution is -2.31. The first kappa shape index (κ1) is 14.8. The minimum atomic E-state index is 0.428. The Morgan fingerprint density at radius 1 is 1.00 bits per heavy atom. The van der Waals surface area contributed by atoms with Gasteiger partial charge in [-0.25, -0.2) is 0 Å². The molecule has 0 spiro atoms. The molecule has 0 amide bonds. The quantitative estimate of drug-likeness (QED) is 0.744. The average Bonchev–Trinajstić information content (AvgIpc) is 3.09. The summed E-state index contributed by atoms with van der Waals surface area (Å²) >= 11 is 1.85. The summed E-state index contributed by atoms with van der Waals surface area (Å²) in [7, 11) is 0. The molecule has 2 aromatic rings. The molecule has 2 heteroatoms. The second-order valence-electron chi connectivity index (χ2n) is 6.19. The molecular formula is C19H25NS. The van der Waals surface area contributed by atoms with Crippen LogP contribution in [0.1, 0.15) is 61.6 Å². The van der Waals surface area contributed by atoms with Crippen LogP contribution in [0, 0.1) is 5.92 Å². The lowest BCUT2D eigenvalue weighted by Gasteiger charge is -2.33. The van der Waals surface area contributed by atoms with Crippen LogP contribution >= 0.6 is 11.3 Å². The zero-order valence-corrected chi connectivity index (χ0v) is 13.6. The van der Waals surface area contributed by atoms with Crippen molar-refractivity contribution in [3.8, 4) is 0 Å². The Balaban J connectivity index is 1.78. The number of thiophene rings is 1. The first-order valence-corrected chi connectivity index (χ1v) is 9.07. The fourth-order valence-electron chi connectivity index (χ4n) is 3.52. The van der Waals surface area contributed by atoms with Gasteiger partial charge in [-0.05, 0) is 42.7 Å². The Hall–Kier alpha value is -1.12. The smallest absolute Gasteiger partial charge is 0.0391 e. The Bertz CT molecular complexity index is 514. The fourth-order valence-corrected chi connectivity index (χ4v) is 4.27. The van der Waals surface area contributed by atoms with Crippen LogP contribution in [0.4, 0.5) is 0 Å². The highest BCUT2D eigenvalue weighted by Gasteiger charge is 2.26. The van der Waals surface area contributed by atoms with Crippen LogP contribution in [0.3, 0.4) is 0 Å². The van der Waals surface area contributed by atoms with Crippen molar-refractivity contribution >= 4 is 11.3 Å². The SMILES string of the molecule is C[C@H](NC(c1ccccc1)C1CCCCC1)c1cccs1. The minimum Gasteiger partial charge on any atom is -0.302 e. The highest BCUT2D eigenvalue weighted by atomic mass is 32.1. The first-order chi connectivity index (χ1) is 10.3. The Kier molecular flexibility index (Phi) is 5.10. The van der Waals surface area contributed by atoms with Crippen molar-refractivity contribution in [3.63, 3.8) is 0 Å². The predicted molar refractivity (Wildman–Crippen MR) is 91.6 cm³/mol. The van der Waals surface area contributed by atoms with E-state index in [1.165, 1.54) is 42.5 Å². The third kappa shape index (κ3) is 3.75. The first-order valence-electron chi connectivity index (χ1n) is 8.19. The molecule has 0 bridgehead atoms. The van der Waals surface area contributed by atoms with Crippen LogP contribution in [0.2, 0.25) is 0 Å². The maximum absolute atomic E-state index is 3.92. The van der Waals surface area contributed by atoms with Crippen molar-refractivity contribution in [2.45, 2.75) is 51.1 Å². The lowest BCUT2D eigenvalue weighted by atomic mass is 9.81. The third-order valence-electron chi connectivity index (χ3n) is 4.68. The van der Waals surface area contributed by atoms with Gasteiger partial charge in [-0.2, -0.15) is 0 Å². The van der Waals surface area contributed by atoms with Gasteiger partial charge in [0.2, 0.25) is 0 Å². The summed E-state index contributed by atoms with van der Waals surface area (Å²) in [6.07, 6.45) is 6.93. The Morgan fingerprint density at radius 3 is 2.43 bits per heavy atom. The van der Waals surface area contributed by atoms with Crippen LogP contribution in [0.15, 0.2) is 47.8 Å². The molecule has 1 unspecified atom stereocenters. The number of hydrogen-bond donors (Lipinski definition) is 1. The van der Waals surface area contributed by atoms with Gasteiger partial charge >= 0.3 is 0 Å². The van der Waals surface area contributed by atoms with E-state index in [0.717, 1.165) is 5.92 Å². The molecule has 1 heterocycles. The molecular weight excluding hydrogens is 274 g/mol. The summed E-state index contributed by atoms with van der Waals surface area (Å²) < 4.78 is 0. The Labute approximate surface area is 132 Å². The van der Waals surface area contributed by atoms with Crippen LogP contribution < -0.4 is 5.32 Å². The highest BCUT2D eigenvalue weighted by molar-refractivity contribution is 7.10. The van der Waals surface area contributed by atoms with Gasteiger partial charge in [0, 0.05) is 17.0 Å². The largest absolute Gasteiger partial charge is 0.302 e. The van der Waals surface area contributed by atoms with Crippen LogP contribution in [-0.4, -0.2) is 0 Å². The van der Waals surface area contributed by atoms with E-state index in [-0.39, 0.29) is 0 Å². The summed E-state index contributed by atoms with van der Waals surface area (Å²) in [4.78, 5) is 1.44. The van der Waals surface area contributed by atoms with E-state index in [1.54, 1.807) is 0 Å². The van der Waals surface area contributed by atoms with E-state index >= 15 is 0 Å². The summed E-state index contributed by atoms with van der Waals surface area (Å²) in [6.45, 7) is 2.30. The standard InChI is InChI=1S/C19H25NS/c1-15(18-13-8-14-21-18)20-19(16-9-4-2-5-10-16)17-11-6-3-7-12-17/h2,4-5,8-10,13-15,17,19-20H,3,6-7,11-12H2,1H3/t15-,19?/m0/s1. The number of nitrogens with one attached hydrogen (secondary N) is 1. The van der Waals surface area contributed by atoms with Gasteiger partial charge in [0.05, 0.1) is 0 Å². The van der Waals surface area contributed by atoms with Gasteiger partial charge in [0.15, 0.2) is 0 Å². The van der Waals surface area contributed by atoms with E-state index in [1.807, 2.05) is 11.3 Å². The normalized spacial score (nSPS) is 19.3. The van der Waals surface area contributed by atoms with Crippen LogP contribution in [0.5, 0.6) is 0 Å². The fraction of sp³-hybridized carbons (Fsp3) is 0.474. The number of hydrogen-bond acceptors (Lipinski definition) is 2. The highest BCUT2D eigenvalue weighted by Crippen LogP contribution is 2.36. The van der Waals surface area contributed by atoms with E-state index in [9.17, 15) is 0 Å². The molecule has 0 radical (unpaired) electrons. The van der Waals surface area contributed by atoms with Crippen molar-refractivity contribution in [1.82, 2.24) is 5.32 Å². The minimum absolute atomic E-state index is 0.428. The summed E-state index contributed by atoms with van der Waals surface area (Å²) in [5.41, 5.74) is 1.45. The summed E-state index contributed by atoms with van der Waals surface area (Å²) in [5.74, 6) is 0.781. The second-order valence-corrected chi connectivity index (χ2v) is 7.17. The lowest BCUT2D eigenvalue weighted by molar-refractivity contribution is 0.258. The van der Waals surface area contributed by atoms with Gasteiger partial charge < -0.3 is 5.32 Å². The monoisotopic (exact) mass is 299 g/mol. The van der Waals surface area contributed by atoms with Gasteiger partial charge in [-0.3, -0.25) is 0 Å². The molecule has 1 aromatic carbocycles. The third-order valence-corrected chi connectivity index (χ3v) is 5.73. The molecule has 1 N–H and O–H groups in total.